The van der Waals surface area contributed by atoms with E-state index in [9.17, 15) is 14.7 Å². The number of hydrogen-bond acceptors (Lipinski definition) is 4. The van der Waals surface area contributed by atoms with E-state index in [1.165, 1.54) is 6.92 Å². The van der Waals surface area contributed by atoms with Crippen LogP contribution in [0.3, 0.4) is 0 Å². The highest BCUT2D eigenvalue weighted by Gasteiger charge is 2.33. The van der Waals surface area contributed by atoms with E-state index in [-0.39, 0.29) is 18.9 Å². The Morgan fingerprint density at radius 1 is 1.03 bits per heavy atom. The zero-order valence-corrected chi connectivity index (χ0v) is 18.8. The minimum absolute atomic E-state index is 0.0509. The normalized spacial score (nSPS) is 14.6. The predicted octanol–water partition coefficient (Wildman–Crippen LogP) is 5.40. The molecule has 0 heterocycles. The van der Waals surface area contributed by atoms with Gasteiger partial charge in [-0.25, -0.2) is 10.2 Å². The van der Waals surface area contributed by atoms with E-state index in [1.54, 1.807) is 0 Å². The molecule has 0 aliphatic heterocycles. The van der Waals surface area contributed by atoms with Crippen LogP contribution < -0.4 is 10.9 Å². The van der Waals surface area contributed by atoms with Gasteiger partial charge in [0.15, 0.2) is 0 Å². The van der Waals surface area contributed by atoms with Gasteiger partial charge in [0.25, 0.3) is 0 Å². The van der Waals surface area contributed by atoms with Crippen molar-refractivity contribution in [2.75, 3.05) is 6.61 Å². The zero-order valence-electron chi connectivity index (χ0n) is 18.8. The number of unbranched alkanes of at least 4 members (excludes halogenated alkanes) is 3. The van der Waals surface area contributed by atoms with Crippen molar-refractivity contribution >= 4 is 12.1 Å². The topological polar surface area (TPSA) is 87.7 Å². The maximum atomic E-state index is 12.3. The summed E-state index contributed by atoms with van der Waals surface area (Å²) >= 11 is 0. The first-order valence-corrected chi connectivity index (χ1v) is 11.2. The van der Waals surface area contributed by atoms with Gasteiger partial charge < -0.3 is 9.84 Å². The van der Waals surface area contributed by atoms with E-state index in [0.717, 1.165) is 47.9 Å². The van der Waals surface area contributed by atoms with Gasteiger partial charge in [-0.15, -0.1) is 0 Å². The Kier molecular flexibility index (Phi) is 8.06. The number of ether oxygens (including phenoxy) is 1. The largest absolute Gasteiger partial charge is 0.480 e. The predicted molar refractivity (Wildman–Crippen MR) is 125 cm³/mol. The Hall–Kier alpha value is -3.12. The second-order valence-electron chi connectivity index (χ2n) is 8.38. The molecule has 6 nitrogen and oxygen atoms in total. The molecule has 32 heavy (non-hydrogen) atoms. The number of carbonyl (C=O) groups is 2. The molecule has 0 fully saturated rings. The lowest BCUT2D eigenvalue weighted by molar-refractivity contribution is -0.144. The molecule has 3 N–H and O–H groups in total. The Morgan fingerprint density at radius 2 is 1.66 bits per heavy atom. The molecule has 1 aliphatic rings. The summed E-state index contributed by atoms with van der Waals surface area (Å²) in [6, 6.07) is 16.2. The highest BCUT2D eigenvalue weighted by molar-refractivity contribution is 5.80. The van der Waals surface area contributed by atoms with Crippen molar-refractivity contribution in [3.05, 3.63) is 71.8 Å². The number of amides is 1. The van der Waals surface area contributed by atoms with Crippen LogP contribution in [0.2, 0.25) is 0 Å². The van der Waals surface area contributed by atoms with Gasteiger partial charge in [-0.05, 0) is 48.4 Å². The number of rotatable bonds is 11. The van der Waals surface area contributed by atoms with Crippen LogP contribution in [-0.2, 0) is 9.53 Å². The second-order valence-corrected chi connectivity index (χ2v) is 8.38. The fraction of sp³-hybridized carbons (Fsp3) is 0.385. The molecule has 0 aromatic heterocycles. The number of hydrazine groups is 1. The van der Waals surface area contributed by atoms with Crippen molar-refractivity contribution in [2.45, 2.75) is 57.4 Å². The van der Waals surface area contributed by atoms with Crippen LogP contribution in [0.25, 0.3) is 11.1 Å². The van der Waals surface area contributed by atoms with Gasteiger partial charge in [-0.2, -0.15) is 0 Å². The molecule has 0 spiro atoms. The number of carboxylic acid groups (broad SMARTS) is 1. The van der Waals surface area contributed by atoms with Crippen LogP contribution in [-0.4, -0.2) is 29.3 Å². The van der Waals surface area contributed by atoms with E-state index >= 15 is 0 Å². The summed E-state index contributed by atoms with van der Waals surface area (Å²) in [5.74, 6) is -1.10. The van der Waals surface area contributed by atoms with Gasteiger partial charge in [0.05, 0.1) is 0 Å². The molecule has 1 aliphatic carbocycles. The Balaban J connectivity index is 1.55. The molecule has 0 saturated carbocycles. The van der Waals surface area contributed by atoms with E-state index in [1.807, 2.05) is 48.6 Å². The van der Waals surface area contributed by atoms with Gasteiger partial charge in [0, 0.05) is 5.92 Å². The number of aliphatic carboxylic acids is 1. The minimum atomic E-state index is -1.33. The molecule has 170 valence electrons. The van der Waals surface area contributed by atoms with Crippen molar-refractivity contribution in [3.63, 3.8) is 0 Å². The summed E-state index contributed by atoms with van der Waals surface area (Å²) in [6.07, 6.45) is 7.69. The van der Waals surface area contributed by atoms with Crippen molar-refractivity contribution in [1.82, 2.24) is 10.9 Å². The highest BCUT2D eigenvalue weighted by atomic mass is 16.6. The molecule has 3 rings (SSSR count). The van der Waals surface area contributed by atoms with E-state index in [2.05, 4.69) is 29.9 Å². The lowest BCUT2D eigenvalue weighted by Gasteiger charge is -2.25. The standard InChI is InChI=1S/C26H32N2O4/c1-3-4-5-6-7-12-17-26(2,24(29)30)28-27-25(31)32-18-23-21-15-10-8-13-19(21)20-14-9-11-16-22(20)23/h7-16,23,28H,3-6,17-18H2,1-2H3,(H,27,31)(H,29,30)/t26-/m0/s1. The van der Waals surface area contributed by atoms with Crippen LogP contribution in [0.4, 0.5) is 4.79 Å². The Morgan fingerprint density at radius 3 is 2.25 bits per heavy atom. The maximum Gasteiger partial charge on any atom is 0.421 e. The molecular formula is C26H32N2O4. The number of carboxylic acids is 1. The van der Waals surface area contributed by atoms with Crippen molar-refractivity contribution in [3.8, 4) is 11.1 Å². The molecule has 0 saturated heterocycles. The molecule has 6 heteroatoms. The van der Waals surface area contributed by atoms with Crippen LogP contribution >= 0.6 is 0 Å². The monoisotopic (exact) mass is 436 g/mol. The second kappa shape index (κ2) is 11.0. The molecule has 1 amide bonds. The third-order valence-corrected chi connectivity index (χ3v) is 5.92. The summed E-state index contributed by atoms with van der Waals surface area (Å²) in [6.45, 7) is 3.85. The lowest BCUT2D eigenvalue weighted by Crippen LogP contribution is -2.57. The SMILES string of the molecule is CCCCCC=CC[C@](C)(NNC(=O)OCC1c2ccccc2-c2ccccc21)C(=O)O. The van der Waals surface area contributed by atoms with Crippen molar-refractivity contribution < 1.29 is 19.4 Å². The third kappa shape index (κ3) is 5.56. The zero-order chi connectivity index (χ0) is 23.0. The van der Waals surface area contributed by atoms with Crippen molar-refractivity contribution in [2.24, 2.45) is 0 Å². The molecule has 0 bridgehead atoms. The Bertz CT molecular complexity index is 926. The molecule has 0 unspecified atom stereocenters. The minimum Gasteiger partial charge on any atom is -0.480 e. The number of nitrogens with one attached hydrogen (secondary N) is 2. The summed E-state index contributed by atoms with van der Waals surface area (Å²) in [5.41, 5.74) is 8.27. The number of hydrogen-bond donors (Lipinski definition) is 3. The molecule has 0 radical (unpaired) electrons. The fourth-order valence-electron chi connectivity index (χ4n) is 3.96. The summed E-state index contributed by atoms with van der Waals surface area (Å²) in [5, 5.41) is 9.62. The summed E-state index contributed by atoms with van der Waals surface area (Å²) in [7, 11) is 0. The number of carbonyl (C=O) groups excluding carboxylic acids is 1. The van der Waals surface area contributed by atoms with E-state index in [4.69, 9.17) is 4.74 Å². The van der Waals surface area contributed by atoms with Crippen LogP contribution in [0, 0.1) is 0 Å². The smallest absolute Gasteiger partial charge is 0.421 e. The molecule has 2 aromatic rings. The van der Waals surface area contributed by atoms with Crippen LogP contribution in [0.15, 0.2) is 60.7 Å². The first kappa shape index (κ1) is 23.5. The average molecular weight is 437 g/mol. The number of benzene rings is 2. The number of fused-ring (bicyclic) bond motifs is 3. The van der Waals surface area contributed by atoms with Crippen LogP contribution in [0.5, 0.6) is 0 Å². The highest BCUT2D eigenvalue weighted by Crippen LogP contribution is 2.44. The molecular weight excluding hydrogens is 404 g/mol. The van der Waals surface area contributed by atoms with Gasteiger partial charge in [0.1, 0.15) is 12.1 Å². The summed E-state index contributed by atoms with van der Waals surface area (Å²) in [4.78, 5) is 24.1. The molecule has 2 aromatic carbocycles. The first-order valence-electron chi connectivity index (χ1n) is 11.2. The van der Waals surface area contributed by atoms with Crippen LogP contribution in [0.1, 0.15) is 63.0 Å². The first-order chi connectivity index (χ1) is 15.5. The average Bonchev–Trinajstić information content (AvgIpc) is 3.12. The Labute approximate surface area is 189 Å². The van der Waals surface area contributed by atoms with Gasteiger partial charge in [0.2, 0.25) is 0 Å². The van der Waals surface area contributed by atoms with E-state index < -0.39 is 17.6 Å². The van der Waals surface area contributed by atoms with Gasteiger partial charge in [-0.3, -0.25) is 10.2 Å². The summed E-state index contributed by atoms with van der Waals surface area (Å²) < 4.78 is 5.46. The maximum absolute atomic E-state index is 12.3. The van der Waals surface area contributed by atoms with Crippen molar-refractivity contribution in [1.29, 1.82) is 0 Å². The fourth-order valence-corrected chi connectivity index (χ4v) is 3.96. The number of allylic oxidation sites excluding steroid dienone is 1. The quantitative estimate of drug-likeness (QED) is 0.249. The third-order valence-electron chi connectivity index (χ3n) is 5.92. The van der Waals surface area contributed by atoms with E-state index in [0.29, 0.717) is 0 Å². The molecule has 1 atom stereocenters. The lowest BCUT2D eigenvalue weighted by atomic mass is 9.98. The van der Waals surface area contributed by atoms with Gasteiger partial charge in [-0.1, -0.05) is 80.4 Å². The van der Waals surface area contributed by atoms with Gasteiger partial charge >= 0.3 is 12.1 Å².